The molecule has 2 aromatic rings. The van der Waals surface area contributed by atoms with Crippen molar-refractivity contribution in [2.75, 3.05) is 0 Å². The van der Waals surface area contributed by atoms with Crippen molar-refractivity contribution in [1.82, 2.24) is 4.98 Å². The summed E-state index contributed by atoms with van der Waals surface area (Å²) in [6.45, 7) is 7.45. The second kappa shape index (κ2) is 6.19. The molecule has 0 aliphatic rings. The van der Waals surface area contributed by atoms with Crippen LogP contribution in [0.1, 0.15) is 23.2 Å². The Hall–Kier alpha value is -1.67. The van der Waals surface area contributed by atoms with E-state index in [9.17, 15) is 4.39 Å². The maximum absolute atomic E-state index is 14.2. The summed E-state index contributed by atoms with van der Waals surface area (Å²) in [6.07, 6.45) is 3.31. The molecule has 1 nitrogen and oxygen atoms in total. The average Bonchev–Trinajstić information content (AvgIpc) is 2.37. The van der Waals surface area contributed by atoms with Crippen LogP contribution in [-0.4, -0.2) is 4.98 Å². The van der Waals surface area contributed by atoms with Gasteiger partial charge in [-0.3, -0.25) is 0 Å². The van der Waals surface area contributed by atoms with Crippen LogP contribution in [0.5, 0.6) is 0 Å². The predicted molar refractivity (Wildman–Crippen MR) is 82.6 cm³/mol. The molecule has 1 heterocycles. The van der Waals surface area contributed by atoms with Crippen LogP contribution in [-0.2, 0) is 6.42 Å². The number of hydrogen-bond acceptors (Lipinski definition) is 1. The van der Waals surface area contributed by atoms with Gasteiger partial charge in [-0.2, -0.15) is 0 Å². The lowest BCUT2D eigenvalue weighted by Gasteiger charge is -2.13. The van der Waals surface area contributed by atoms with Gasteiger partial charge < -0.3 is 0 Å². The molecule has 0 unspecified atom stereocenters. The number of hydrogen-bond donors (Lipinski definition) is 0. The first-order valence-electron chi connectivity index (χ1n) is 6.56. The van der Waals surface area contributed by atoms with Gasteiger partial charge in [0.05, 0.1) is 0 Å². The highest BCUT2D eigenvalue weighted by Crippen LogP contribution is 2.32. The molecule has 104 valence electrons. The van der Waals surface area contributed by atoms with Crippen LogP contribution in [0.2, 0.25) is 5.15 Å². The van der Waals surface area contributed by atoms with Crippen molar-refractivity contribution in [3.8, 4) is 11.1 Å². The van der Waals surface area contributed by atoms with E-state index >= 15 is 0 Å². The van der Waals surface area contributed by atoms with Crippen LogP contribution in [0.4, 0.5) is 4.39 Å². The molecule has 1 aromatic heterocycles. The lowest BCUT2D eigenvalue weighted by Crippen LogP contribution is -1.98. The van der Waals surface area contributed by atoms with Crippen molar-refractivity contribution in [3.63, 3.8) is 0 Å². The monoisotopic (exact) mass is 289 g/mol. The third-order valence-electron chi connectivity index (χ3n) is 3.22. The molecule has 0 amide bonds. The van der Waals surface area contributed by atoms with Crippen molar-refractivity contribution >= 4 is 11.6 Å². The maximum atomic E-state index is 14.2. The first-order valence-corrected chi connectivity index (χ1v) is 6.94. The van der Waals surface area contributed by atoms with E-state index in [2.05, 4.69) is 11.6 Å². The molecule has 0 saturated carbocycles. The highest BCUT2D eigenvalue weighted by molar-refractivity contribution is 6.30. The van der Waals surface area contributed by atoms with E-state index in [1.807, 2.05) is 32.1 Å². The van der Waals surface area contributed by atoms with E-state index < -0.39 is 0 Å². The van der Waals surface area contributed by atoms with Crippen LogP contribution in [0.25, 0.3) is 11.1 Å². The summed E-state index contributed by atoms with van der Waals surface area (Å²) >= 11 is 6.24. The molecule has 1 aromatic carbocycles. The quantitative estimate of drug-likeness (QED) is 0.551. The molecule has 0 radical (unpaired) electrons. The summed E-state index contributed by atoms with van der Waals surface area (Å²) < 4.78 is 14.2. The standard InChI is InChI=1S/C17H17ClFN/c1-4-5-6-14-15(10-12(3)20-17(14)18)13-8-7-11(2)9-16(13)19/h4,7-10H,1,5-6H2,2-3H3. The minimum absolute atomic E-state index is 0.230. The third-order valence-corrected chi connectivity index (χ3v) is 3.53. The average molecular weight is 290 g/mol. The Kier molecular flexibility index (Phi) is 4.56. The number of benzene rings is 1. The van der Waals surface area contributed by atoms with Crippen LogP contribution < -0.4 is 0 Å². The topological polar surface area (TPSA) is 12.9 Å². The summed E-state index contributed by atoms with van der Waals surface area (Å²) in [5.41, 5.74) is 3.95. The van der Waals surface area contributed by atoms with E-state index in [1.54, 1.807) is 6.07 Å². The normalized spacial score (nSPS) is 10.6. The molecule has 0 aliphatic carbocycles. The summed E-state index contributed by atoms with van der Waals surface area (Å²) in [4.78, 5) is 4.27. The summed E-state index contributed by atoms with van der Waals surface area (Å²) in [6, 6.07) is 7.13. The summed E-state index contributed by atoms with van der Waals surface area (Å²) in [7, 11) is 0. The van der Waals surface area contributed by atoms with Crippen molar-refractivity contribution < 1.29 is 4.39 Å². The highest BCUT2D eigenvalue weighted by atomic mass is 35.5. The molecule has 0 atom stereocenters. The number of pyridine rings is 1. The Morgan fingerprint density at radius 3 is 2.65 bits per heavy atom. The Morgan fingerprint density at radius 1 is 1.25 bits per heavy atom. The van der Waals surface area contributed by atoms with Gasteiger partial charge in [-0.25, -0.2) is 9.37 Å². The van der Waals surface area contributed by atoms with Crippen LogP contribution >= 0.6 is 11.6 Å². The summed E-state index contributed by atoms with van der Waals surface area (Å²) in [5.74, 6) is -0.230. The molecule has 0 bridgehead atoms. The Morgan fingerprint density at radius 2 is 2.00 bits per heavy atom. The third kappa shape index (κ3) is 3.07. The van der Waals surface area contributed by atoms with Crippen molar-refractivity contribution in [3.05, 3.63) is 64.7 Å². The van der Waals surface area contributed by atoms with E-state index in [-0.39, 0.29) is 5.82 Å². The van der Waals surface area contributed by atoms with E-state index in [1.165, 1.54) is 6.07 Å². The zero-order valence-electron chi connectivity index (χ0n) is 11.7. The number of rotatable bonds is 4. The van der Waals surface area contributed by atoms with Crippen molar-refractivity contribution in [2.45, 2.75) is 26.7 Å². The molecule has 3 heteroatoms. The molecule has 0 spiro atoms. The van der Waals surface area contributed by atoms with E-state index in [4.69, 9.17) is 11.6 Å². The lowest BCUT2D eigenvalue weighted by molar-refractivity contribution is 0.630. The summed E-state index contributed by atoms with van der Waals surface area (Å²) in [5, 5.41) is 0.446. The van der Waals surface area contributed by atoms with Crippen molar-refractivity contribution in [1.29, 1.82) is 0 Å². The van der Waals surface area contributed by atoms with Gasteiger partial charge >= 0.3 is 0 Å². The molecular weight excluding hydrogens is 273 g/mol. The number of nitrogens with zero attached hydrogens (tertiary/aromatic N) is 1. The minimum Gasteiger partial charge on any atom is -0.241 e. The smallest absolute Gasteiger partial charge is 0.133 e. The van der Waals surface area contributed by atoms with Gasteiger partial charge in [-0.1, -0.05) is 29.8 Å². The fourth-order valence-corrected chi connectivity index (χ4v) is 2.55. The molecule has 0 N–H and O–H groups in total. The van der Waals surface area contributed by atoms with Crippen LogP contribution in [0.3, 0.4) is 0 Å². The van der Waals surface area contributed by atoms with Crippen LogP contribution in [0, 0.1) is 19.7 Å². The Labute approximate surface area is 124 Å². The van der Waals surface area contributed by atoms with E-state index in [0.29, 0.717) is 17.1 Å². The minimum atomic E-state index is -0.230. The number of allylic oxidation sites excluding steroid dienone is 1. The molecule has 0 fully saturated rings. The highest BCUT2D eigenvalue weighted by Gasteiger charge is 2.14. The number of halogens is 2. The predicted octanol–water partition coefficient (Wildman–Crippen LogP) is 5.28. The van der Waals surface area contributed by atoms with Gasteiger partial charge in [0, 0.05) is 11.3 Å². The first-order chi connectivity index (χ1) is 9.52. The van der Waals surface area contributed by atoms with Gasteiger partial charge in [0.2, 0.25) is 0 Å². The molecule has 0 saturated heterocycles. The van der Waals surface area contributed by atoms with Gasteiger partial charge in [0.1, 0.15) is 11.0 Å². The number of aromatic nitrogens is 1. The largest absolute Gasteiger partial charge is 0.241 e. The second-order valence-electron chi connectivity index (χ2n) is 4.89. The SMILES string of the molecule is C=CCCc1c(-c2ccc(C)cc2F)cc(C)nc1Cl. The number of aryl methyl sites for hydroxylation is 2. The van der Waals surface area contributed by atoms with Gasteiger partial charge in [-0.15, -0.1) is 6.58 Å². The molecule has 0 aliphatic heterocycles. The van der Waals surface area contributed by atoms with Gasteiger partial charge in [-0.05, 0) is 55.5 Å². The maximum Gasteiger partial charge on any atom is 0.133 e. The first kappa shape index (κ1) is 14.7. The zero-order chi connectivity index (χ0) is 14.7. The second-order valence-corrected chi connectivity index (χ2v) is 5.25. The van der Waals surface area contributed by atoms with Gasteiger partial charge in [0.15, 0.2) is 0 Å². The molecule has 2 rings (SSSR count). The Bertz CT molecular complexity index is 650. The van der Waals surface area contributed by atoms with Crippen LogP contribution in [0.15, 0.2) is 36.9 Å². The van der Waals surface area contributed by atoms with Gasteiger partial charge in [0.25, 0.3) is 0 Å². The Balaban J connectivity index is 2.61. The fourth-order valence-electron chi connectivity index (χ4n) is 2.22. The zero-order valence-corrected chi connectivity index (χ0v) is 12.5. The van der Waals surface area contributed by atoms with Crippen molar-refractivity contribution in [2.24, 2.45) is 0 Å². The molecule has 20 heavy (non-hydrogen) atoms. The van der Waals surface area contributed by atoms with E-state index in [0.717, 1.165) is 28.8 Å². The fraction of sp³-hybridized carbons (Fsp3) is 0.235. The lowest BCUT2D eigenvalue weighted by atomic mass is 9.96. The molecular formula is C17H17ClFN.